The van der Waals surface area contributed by atoms with E-state index in [0.29, 0.717) is 28.7 Å². The molecule has 0 N–H and O–H groups in total. The number of alkyl halides is 2. The number of likely N-dealkylation sites (tertiary alicyclic amines) is 1. The molecule has 2 saturated carbocycles. The number of rotatable bonds is 3. The van der Waals surface area contributed by atoms with E-state index in [0.717, 1.165) is 35.7 Å². The molecule has 0 radical (unpaired) electrons. The van der Waals surface area contributed by atoms with Gasteiger partial charge in [-0.2, -0.15) is 5.10 Å². The van der Waals surface area contributed by atoms with E-state index in [1.54, 1.807) is 8.92 Å². The highest BCUT2D eigenvalue weighted by atomic mass is 19.3. The van der Waals surface area contributed by atoms with Crippen molar-refractivity contribution in [3.8, 4) is 11.3 Å². The van der Waals surface area contributed by atoms with Crippen molar-refractivity contribution in [3.05, 3.63) is 53.5 Å². The summed E-state index contributed by atoms with van der Waals surface area (Å²) in [5.74, 6) is -1.72. The Morgan fingerprint density at radius 1 is 0.970 bits per heavy atom. The molecule has 3 aliphatic rings. The highest BCUT2D eigenvalue weighted by Gasteiger charge is 2.60. The average molecular weight is 452 g/mol. The monoisotopic (exact) mass is 452 g/mol. The zero-order valence-corrected chi connectivity index (χ0v) is 18.3. The predicted octanol–water partition coefficient (Wildman–Crippen LogP) is 4.24. The van der Waals surface area contributed by atoms with Gasteiger partial charge < -0.3 is 4.40 Å². The normalized spacial score (nSPS) is 26.8. The smallest absolute Gasteiger partial charge is 0.251 e. The molecular formula is C24H23F3N6. The van der Waals surface area contributed by atoms with E-state index in [1.807, 2.05) is 38.5 Å². The first kappa shape index (κ1) is 19.5. The van der Waals surface area contributed by atoms with Crippen LogP contribution in [0.25, 0.3) is 22.6 Å². The van der Waals surface area contributed by atoms with Gasteiger partial charge in [0.15, 0.2) is 17.1 Å². The van der Waals surface area contributed by atoms with Gasteiger partial charge >= 0.3 is 0 Å². The second kappa shape index (κ2) is 6.34. The van der Waals surface area contributed by atoms with E-state index in [1.165, 1.54) is 6.07 Å². The Bertz CT molecular complexity index is 1420. The van der Waals surface area contributed by atoms with Crippen LogP contribution in [-0.4, -0.2) is 53.9 Å². The predicted molar refractivity (Wildman–Crippen MR) is 116 cm³/mol. The van der Waals surface area contributed by atoms with E-state index < -0.39 is 5.92 Å². The Morgan fingerprint density at radius 3 is 2.45 bits per heavy atom. The molecule has 3 atom stereocenters. The summed E-state index contributed by atoms with van der Waals surface area (Å²) in [7, 11) is 0. The lowest BCUT2D eigenvalue weighted by Gasteiger charge is -2.41. The number of hydrogen-bond donors (Lipinski definition) is 0. The van der Waals surface area contributed by atoms with E-state index >= 15 is 4.39 Å². The molecule has 2 aliphatic carbocycles. The lowest BCUT2D eigenvalue weighted by atomic mass is 9.87. The number of halogens is 3. The van der Waals surface area contributed by atoms with E-state index in [-0.39, 0.29) is 30.6 Å². The van der Waals surface area contributed by atoms with Gasteiger partial charge in [-0.3, -0.25) is 4.90 Å². The van der Waals surface area contributed by atoms with Gasteiger partial charge in [0.2, 0.25) is 0 Å². The molecule has 1 aliphatic heterocycles. The van der Waals surface area contributed by atoms with Crippen LogP contribution in [0.4, 0.5) is 13.2 Å². The molecule has 5 heterocycles. The maximum atomic E-state index is 15.0. The van der Waals surface area contributed by atoms with Crippen molar-refractivity contribution in [2.24, 2.45) is 11.8 Å². The first-order valence-electron chi connectivity index (χ1n) is 11.4. The van der Waals surface area contributed by atoms with Crippen molar-refractivity contribution < 1.29 is 13.2 Å². The number of hydrogen-bond acceptors (Lipinski definition) is 4. The van der Waals surface area contributed by atoms with Gasteiger partial charge in [-0.25, -0.2) is 27.7 Å². The summed E-state index contributed by atoms with van der Waals surface area (Å²) in [4.78, 5) is 11.3. The summed E-state index contributed by atoms with van der Waals surface area (Å²) in [6, 6.07) is 3.42. The molecule has 0 aromatic carbocycles. The molecule has 4 aromatic heterocycles. The van der Waals surface area contributed by atoms with Crippen LogP contribution in [0.2, 0.25) is 0 Å². The van der Waals surface area contributed by atoms with Crippen LogP contribution in [0.3, 0.4) is 0 Å². The number of aryl methyl sites for hydroxylation is 2. The van der Waals surface area contributed by atoms with Crippen LogP contribution < -0.4 is 0 Å². The van der Waals surface area contributed by atoms with Gasteiger partial charge in [0.1, 0.15) is 0 Å². The SMILES string of the molecule is Cc1cn2nc(-c3cc(F)c4nc(C5[C@H]6CN(C7CC(F)(F)C7)C[C@@H]56)cn4c3)cc(C)c2n1. The molecule has 4 aromatic rings. The third-order valence-electron chi connectivity index (χ3n) is 7.70. The van der Waals surface area contributed by atoms with Crippen molar-refractivity contribution in [2.75, 3.05) is 13.1 Å². The number of nitrogens with zero attached hydrogens (tertiary/aromatic N) is 6. The first-order chi connectivity index (χ1) is 15.8. The third-order valence-corrected chi connectivity index (χ3v) is 7.70. The van der Waals surface area contributed by atoms with Crippen LogP contribution in [0.5, 0.6) is 0 Å². The van der Waals surface area contributed by atoms with Gasteiger partial charge in [0, 0.05) is 55.8 Å². The molecule has 6 nitrogen and oxygen atoms in total. The lowest BCUT2D eigenvalue weighted by Crippen LogP contribution is -2.50. The first-order valence-corrected chi connectivity index (χ1v) is 11.4. The van der Waals surface area contributed by atoms with Crippen LogP contribution in [-0.2, 0) is 0 Å². The second-order valence-electron chi connectivity index (χ2n) is 10.1. The van der Waals surface area contributed by atoms with E-state index in [2.05, 4.69) is 20.0 Å². The van der Waals surface area contributed by atoms with E-state index in [9.17, 15) is 8.78 Å². The Balaban J connectivity index is 1.16. The number of aromatic nitrogens is 5. The van der Waals surface area contributed by atoms with Crippen LogP contribution in [0.1, 0.15) is 35.7 Å². The van der Waals surface area contributed by atoms with Crippen LogP contribution >= 0.6 is 0 Å². The summed E-state index contributed by atoms with van der Waals surface area (Å²) < 4.78 is 44.9. The summed E-state index contributed by atoms with van der Waals surface area (Å²) in [5.41, 5.74) is 5.19. The van der Waals surface area contributed by atoms with Crippen LogP contribution in [0, 0.1) is 31.5 Å². The minimum atomic E-state index is -2.48. The second-order valence-corrected chi connectivity index (χ2v) is 10.1. The summed E-state index contributed by atoms with van der Waals surface area (Å²) in [6.07, 6.45) is 5.61. The minimum absolute atomic E-state index is 0.0158. The van der Waals surface area contributed by atoms with Gasteiger partial charge in [-0.05, 0) is 43.4 Å². The number of imidazole rings is 2. The topological polar surface area (TPSA) is 50.7 Å². The molecule has 33 heavy (non-hydrogen) atoms. The van der Waals surface area contributed by atoms with Crippen molar-refractivity contribution in [1.82, 2.24) is 28.9 Å². The lowest BCUT2D eigenvalue weighted by molar-refractivity contribution is -0.122. The standard InChI is InChI=1S/C24H23F3N6/c1-12-3-19(30-33-7-13(2)28-22(12)33)14-4-18(25)23-29-20(11-32(23)8-14)21-16-9-31(10-17(16)21)15-5-24(26,27)6-15/h3-4,7-8,11,15-17,21H,5-6,9-10H2,1-2H3/t16-,17+,21?. The fourth-order valence-corrected chi connectivity index (χ4v) is 5.95. The zero-order chi connectivity index (χ0) is 22.6. The molecular weight excluding hydrogens is 429 g/mol. The molecule has 170 valence electrons. The summed E-state index contributed by atoms with van der Waals surface area (Å²) in [5, 5.41) is 4.62. The molecule has 9 heteroatoms. The Morgan fingerprint density at radius 2 is 1.73 bits per heavy atom. The zero-order valence-electron chi connectivity index (χ0n) is 18.3. The quantitative estimate of drug-likeness (QED) is 0.467. The Hall–Kier alpha value is -2.94. The Kier molecular flexibility index (Phi) is 3.75. The molecule has 0 amide bonds. The fourth-order valence-electron chi connectivity index (χ4n) is 5.95. The molecule has 1 unspecified atom stereocenters. The summed E-state index contributed by atoms with van der Waals surface area (Å²) in [6.45, 7) is 5.56. The van der Waals surface area contributed by atoms with Gasteiger partial charge in [-0.1, -0.05) is 0 Å². The molecule has 1 saturated heterocycles. The molecule has 7 rings (SSSR count). The van der Waals surface area contributed by atoms with Crippen molar-refractivity contribution in [2.45, 2.75) is 44.6 Å². The highest BCUT2D eigenvalue weighted by molar-refractivity contribution is 5.64. The largest absolute Gasteiger partial charge is 0.304 e. The maximum absolute atomic E-state index is 15.0. The summed E-state index contributed by atoms with van der Waals surface area (Å²) >= 11 is 0. The molecule has 0 bridgehead atoms. The Labute approximate surface area is 188 Å². The average Bonchev–Trinajstić information content (AvgIpc) is 3.13. The minimum Gasteiger partial charge on any atom is -0.304 e. The fraction of sp³-hybridized carbons (Fsp3) is 0.458. The number of pyridine rings is 1. The third kappa shape index (κ3) is 2.94. The highest BCUT2D eigenvalue weighted by Crippen LogP contribution is 2.59. The van der Waals surface area contributed by atoms with E-state index in [4.69, 9.17) is 0 Å². The number of fused-ring (bicyclic) bond motifs is 3. The maximum Gasteiger partial charge on any atom is 0.251 e. The van der Waals surface area contributed by atoms with Gasteiger partial charge in [0.05, 0.1) is 23.3 Å². The number of piperidine rings is 1. The van der Waals surface area contributed by atoms with Crippen LogP contribution in [0.15, 0.2) is 30.7 Å². The van der Waals surface area contributed by atoms with Crippen molar-refractivity contribution in [1.29, 1.82) is 0 Å². The molecule has 3 fully saturated rings. The van der Waals surface area contributed by atoms with Gasteiger partial charge in [0.25, 0.3) is 5.92 Å². The van der Waals surface area contributed by atoms with Crippen molar-refractivity contribution >= 4 is 11.3 Å². The molecule has 0 spiro atoms. The van der Waals surface area contributed by atoms with Gasteiger partial charge in [-0.15, -0.1) is 0 Å². The van der Waals surface area contributed by atoms with Crippen molar-refractivity contribution in [3.63, 3.8) is 0 Å².